The molecule has 0 bridgehead atoms. The van der Waals surface area contributed by atoms with Crippen LogP contribution in [0.25, 0.3) is 17.2 Å². The molecule has 0 unspecified atom stereocenters. The van der Waals surface area contributed by atoms with Gasteiger partial charge < -0.3 is 15.7 Å². The Balaban J connectivity index is 1.55. The van der Waals surface area contributed by atoms with E-state index in [0.717, 1.165) is 47.2 Å². The Morgan fingerprint density at radius 1 is 1.09 bits per heavy atom. The summed E-state index contributed by atoms with van der Waals surface area (Å²) in [5.41, 5.74) is 11.5. The van der Waals surface area contributed by atoms with Crippen molar-refractivity contribution in [2.24, 2.45) is 16.6 Å². The van der Waals surface area contributed by atoms with E-state index in [0.29, 0.717) is 49.5 Å². The van der Waals surface area contributed by atoms with Crippen molar-refractivity contribution >= 4 is 29.3 Å². The minimum atomic E-state index is -0.0540. The van der Waals surface area contributed by atoms with Crippen LogP contribution in [0.3, 0.4) is 0 Å². The van der Waals surface area contributed by atoms with Gasteiger partial charge in [-0.2, -0.15) is 0 Å². The molecule has 4 rings (SSSR count). The zero-order valence-electron chi connectivity index (χ0n) is 19.8. The lowest BCUT2D eigenvalue weighted by molar-refractivity contribution is -0.127. The Kier molecular flexibility index (Phi) is 7.58. The first-order valence-electron chi connectivity index (χ1n) is 12.2. The van der Waals surface area contributed by atoms with Gasteiger partial charge in [0.1, 0.15) is 11.6 Å². The molecule has 2 aromatic rings. The molecule has 1 amide bonds. The number of amides is 1. The molecule has 0 radical (unpaired) electrons. The molecule has 0 saturated heterocycles. The Morgan fingerprint density at radius 2 is 1.82 bits per heavy atom. The van der Waals surface area contributed by atoms with Crippen LogP contribution in [0.15, 0.2) is 53.0 Å². The lowest BCUT2D eigenvalue weighted by atomic mass is 9.98. The number of benzene rings is 2. The van der Waals surface area contributed by atoms with Crippen LogP contribution in [0.2, 0.25) is 0 Å². The molecule has 3 N–H and O–H groups in total. The number of amidine groups is 1. The number of nitrogens with zero attached hydrogens (tertiary/aromatic N) is 2. The summed E-state index contributed by atoms with van der Waals surface area (Å²) in [6, 6.07) is 14.1. The summed E-state index contributed by atoms with van der Waals surface area (Å²) >= 11 is 0. The van der Waals surface area contributed by atoms with Gasteiger partial charge in [0.15, 0.2) is 0 Å². The van der Waals surface area contributed by atoms with Gasteiger partial charge in [0.2, 0.25) is 5.91 Å². The van der Waals surface area contributed by atoms with Gasteiger partial charge in [0.25, 0.3) is 0 Å². The first kappa shape index (κ1) is 23.9. The van der Waals surface area contributed by atoms with E-state index in [1.165, 1.54) is 0 Å². The lowest BCUT2D eigenvalue weighted by Crippen LogP contribution is -2.35. The van der Waals surface area contributed by atoms with Crippen molar-refractivity contribution in [2.75, 3.05) is 19.7 Å². The second-order valence-corrected chi connectivity index (χ2v) is 9.21. The zero-order chi connectivity index (χ0) is 24.1. The van der Waals surface area contributed by atoms with Crippen LogP contribution in [0.1, 0.15) is 50.2 Å². The highest BCUT2D eigenvalue weighted by Crippen LogP contribution is 2.33. The molecule has 0 atom stereocenters. The molecular formula is C28H33N3O3. The average molecular weight is 460 g/mol. The number of aliphatic hydroxyl groups excluding tert-OH is 1. The predicted molar refractivity (Wildman–Crippen MR) is 136 cm³/mol. The smallest absolute Gasteiger partial charge is 0.250 e. The summed E-state index contributed by atoms with van der Waals surface area (Å²) in [7, 11) is 0. The van der Waals surface area contributed by atoms with Gasteiger partial charge in [-0.15, -0.1) is 0 Å². The molecule has 6 heteroatoms. The van der Waals surface area contributed by atoms with Gasteiger partial charge in [-0.1, -0.05) is 43.3 Å². The largest absolute Gasteiger partial charge is 0.396 e. The Bertz CT molecular complexity index is 1110. The quantitative estimate of drug-likeness (QED) is 0.555. The van der Waals surface area contributed by atoms with Crippen LogP contribution < -0.4 is 5.73 Å². The summed E-state index contributed by atoms with van der Waals surface area (Å²) in [5.74, 6) is 0.972. The fourth-order valence-electron chi connectivity index (χ4n) is 4.32. The first-order chi connectivity index (χ1) is 16.5. The van der Waals surface area contributed by atoms with Crippen molar-refractivity contribution in [1.29, 1.82) is 0 Å². The Morgan fingerprint density at radius 3 is 2.50 bits per heavy atom. The van der Waals surface area contributed by atoms with E-state index < -0.39 is 0 Å². The molecular weight excluding hydrogens is 426 g/mol. The standard InChI is InChI=1S/C28H33N3O3/c1-2-12-31(13-3-14-32)28(34)24-16-23-11-10-22(17-25(23)30-27(29)18-24)20-6-4-19(5-7-20)15-26(33)21-8-9-21/h4-7,10-11,16-17,21,32H,2-3,8-9,12-15,18H2,1H3,(H2,29,30). The highest BCUT2D eigenvalue weighted by molar-refractivity contribution is 6.05. The second kappa shape index (κ2) is 10.8. The topological polar surface area (TPSA) is 96.0 Å². The van der Waals surface area contributed by atoms with E-state index in [-0.39, 0.29) is 18.4 Å². The van der Waals surface area contributed by atoms with Crippen LogP contribution in [-0.4, -0.2) is 47.2 Å². The van der Waals surface area contributed by atoms with Gasteiger partial charge in [-0.3, -0.25) is 9.59 Å². The SMILES string of the molecule is CCCN(CCCO)C(=O)C1=Cc2ccc(-c3ccc(CC(=O)C4CC4)cc3)cc2N=C(N)C1. The summed E-state index contributed by atoms with van der Waals surface area (Å²) < 4.78 is 0. The molecule has 34 heavy (non-hydrogen) atoms. The predicted octanol–water partition coefficient (Wildman–Crippen LogP) is 4.27. The fraction of sp³-hybridized carbons (Fsp3) is 0.393. The molecule has 2 aromatic carbocycles. The van der Waals surface area contributed by atoms with Gasteiger partial charge in [0.05, 0.1) is 5.69 Å². The molecule has 0 spiro atoms. The molecule has 1 aliphatic carbocycles. The number of aliphatic imine (C=N–C) groups is 1. The first-order valence-corrected chi connectivity index (χ1v) is 12.2. The normalized spacial score (nSPS) is 15.1. The van der Waals surface area contributed by atoms with Crippen molar-refractivity contribution < 1.29 is 14.7 Å². The molecule has 1 aliphatic heterocycles. The van der Waals surface area contributed by atoms with Crippen molar-refractivity contribution in [3.8, 4) is 11.1 Å². The number of carbonyl (C=O) groups is 2. The average Bonchev–Trinajstić information content (AvgIpc) is 3.68. The molecule has 1 fully saturated rings. The van der Waals surface area contributed by atoms with E-state index >= 15 is 0 Å². The Hall–Kier alpha value is -3.25. The maximum atomic E-state index is 13.2. The highest BCUT2D eigenvalue weighted by atomic mass is 16.3. The van der Waals surface area contributed by atoms with Crippen molar-refractivity contribution in [3.05, 3.63) is 59.2 Å². The van der Waals surface area contributed by atoms with Gasteiger partial charge in [0, 0.05) is 49.6 Å². The lowest BCUT2D eigenvalue weighted by Gasteiger charge is -2.23. The number of nitrogens with two attached hydrogens (primary N) is 1. The van der Waals surface area contributed by atoms with Crippen LogP contribution in [0, 0.1) is 5.92 Å². The minimum Gasteiger partial charge on any atom is -0.396 e. The van der Waals surface area contributed by atoms with Crippen molar-refractivity contribution in [3.63, 3.8) is 0 Å². The van der Waals surface area contributed by atoms with Gasteiger partial charge >= 0.3 is 0 Å². The van der Waals surface area contributed by atoms with Crippen molar-refractivity contribution in [2.45, 2.75) is 45.4 Å². The third kappa shape index (κ3) is 5.81. The number of rotatable bonds is 10. The number of hydrogen-bond acceptors (Lipinski definition) is 5. The summed E-state index contributed by atoms with van der Waals surface area (Å²) in [6.07, 6.45) is 6.17. The Labute approximate surface area is 201 Å². The number of Topliss-reactive ketones (excluding diaryl/α,β-unsaturated/α-hetero) is 1. The minimum absolute atomic E-state index is 0.0540. The van der Waals surface area contributed by atoms with E-state index in [4.69, 9.17) is 5.73 Å². The third-order valence-electron chi connectivity index (χ3n) is 6.34. The molecule has 0 aromatic heterocycles. The monoisotopic (exact) mass is 459 g/mol. The fourth-order valence-corrected chi connectivity index (χ4v) is 4.32. The maximum Gasteiger partial charge on any atom is 0.250 e. The van der Waals surface area contributed by atoms with Crippen LogP contribution in [0.4, 0.5) is 5.69 Å². The molecule has 178 valence electrons. The number of fused-ring (bicyclic) bond motifs is 1. The summed E-state index contributed by atoms with van der Waals surface area (Å²) in [4.78, 5) is 31.7. The van der Waals surface area contributed by atoms with Crippen LogP contribution >= 0.6 is 0 Å². The number of carbonyl (C=O) groups excluding carboxylic acids is 2. The summed E-state index contributed by atoms with van der Waals surface area (Å²) in [5, 5.41) is 9.18. The van der Waals surface area contributed by atoms with Gasteiger partial charge in [-0.05, 0) is 54.5 Å². The van der Waals surface area contributed by atoms with Crippen LogP contribution in [-0.2, 0) is 16.0 Å². The third-order valence-corrected chi connectivity index (χ3v) is 6.34. The molecule has 2 aliphatic rings. The zero-order valence-corrected chi connectivity index (χ0v) is 19.8. The molecule has 1 heterocycles. The second-order valence-electron chi connectivity index (χ2n) is 9.21. The van der Waals surface area contributed by atoms with E-state index in [9.17, 15) is 14.7 Å². The highest BCUT2D eigenvalue weighted by Gasteiger charge is 2.29. The van der Waals surface area contributed by atoms with Crippen LogP contribution in [0.5, 0.6) is 0 Å². The van der Waals surface area contributed by atoms with Gasteiger partial charge in [-0.25, -0.2) is 4.99 Å². The number of hydrogen-bond donors (Lipinski definition) is 2. The maximum absolute atomic E-state index is 13.2. The van der Waals surface area contributed by atoms with E-state index in [1.54, 1.807) is 4.90 Å². The molecule has 1 saturated carbocycles. The van der Waals surface area contributed by atoms with Crippen molar-refractivity contribution in [1.82, 2.24) is 4.90 Å². The number of aliphatic hydroxyl groups is 1. The summed E-state index contributed by atoms with van der Waals surface area (Å²) in [6.45, 7) is 3.25. The molecule has 6 nitrogen and oxygen atoms in total. The number of ketones is 1. The van der Waals surface area contributed by atoms with E-state index in [2.05, 4.69) is 4.99 Å². The van der Waals surface area contributed by atoms with E-state index in [1.807, 2.05) is 55.5 Å².